The van der Waals surface area contributed by atoms with Crippen molar-refractivity contribution in [1.82, 2.24) is 10.6 Å². The molecule has 0 bridgehead atoms. The molecule has 0 aliphatic heterocycles. The van der Waals surface area contributed by atoms with E-state index in [2.05, 4.69) is 10.6 Å². The highest BCUT2D eigenvalue weighted by molar-refractivity contribution is 7.12. The highest BCUT2D eigenvalue weighted by Gasteiger charge is 2.10. The lowest BCUT2D eigenvalue weighted by molar-refractivity contribution is 0.0929. The van der Waals surface area contributed by atoms with Crippen molar-refractivity contribution in [2.45, 2.75) is 13.8 Å². The third-order valence-corrected chi connectivity index (χ3v) is 4.21. The highest BCUT2D eigenvalue weighted by atomic mass is 32.1. The second kappa shape index (κ2) is 7.17. The van der Waals surface area contributed by atoms with Gasteiger partial charge in [-0.25, -0.2) is 4.39 Å². The Bertz CT molecular complexity index is 697. The molecule has 0 saturated heterocycles. The van der Waals surface area contributed by atoms with Gasteiger partial charge in [-0.2, -0.15) is 0 Å². The van der Waals surface area contributed by atoms with E-state index < -0.39 is 5.82 Å². The molecule has 0 saturated carbocycles. The third-order valence-electron chi connectivity index (χ3n) is 3.20. The summed E-state index contributed by atoms with van der Waals surface area (Å²) in [7, 11) is 0. The second-order valence-electron chi connectivity index (χ2n) is 4.91. The quantitative estimate of drug-likeness (QED) is 0.832. The molecule has 6 heteroatoms. The average Bonchev–Trinajstić information content (AvgIpc) is 2.92. The Labute approximate surface area is 132 Å². The van der Waals surface area contributed by atoms with Crippen LogP contribution in [0.4, 0.5) is 4.39 Å². The number of carbonyl (C=O) groups excluding carboxylic acids is 2. The number of rotatable bonds is 5. The van der Waals surface area contributed by atoms with Gasteiger partial charge in [0.1, 0.15) is 5.82 Å². The Kier molecular flexibility index (Phi) is 5.27. The molecule has 4 nitrogen and oxygen atoms in total. The summed E-state index contributed by atoms with van der Waals surface area (Å²) in [6.45, 7) is 4.11. The third kappa shape index (κ3) is 3.92. The Morgan fingerprint density at radius 1 is 1.05 bits per heavy atom. The number of amides is 2. The van der Waals surface area contributed by atoms with Crippen LogP contribution in [0.5, 0.6) is 0 Å². The number of benzene rings is 1. The second-order valence-corrected chi connectivity index (χ2v) is 5.82. The van der Waals surface area contributed by atoms with Crippen molar-refractivity contribution in [2.24, 2.45) is 0 Å². The first-order chi connectivity index (χ1) is 10.5. The molecule has 2 rings (SSSR count). The Balaban J connectivity index is 1.79. The summed E-state index contributed by atoms with van der Waals surface area (Å²) >= 11 is 1.38. The maximum atomic E-state index is 13.4. The molecular formula is C16H17FN2O2S. The monoisotopic (exact) mass is 320 g/mol. The van der Waals surface area contributed by atoms with Gasteiger partial charge in [-0.15, -0.1) is 11.3 Å². The van der Waals surface area contributed by atoms with E-state index in [9.17, 15) is 14.0 Å². The van der Waals surface area contributed by atoms with Crippen LogP contribution in [0.1, 0.15) is 31.2 Å². The first-order valence-corrected chi connectivity index (χ1v) is 7.73. The van der Waals surface area contributed by atoms with Gasteiger partial charge in [0.2, 0.25) is 0 Å². The van der Waals surface area contributed by atoms with E-state index in [0.29, 0.717) is 17.0 Å². The van der Waals surface area contributed by atoms with E-state index >= 15 is 0 Å². The largest absolute Gasteiger partial charge is 0.350 e. The summed E-state index contributed by atoms with van der Waals surface area (Å²) < 4.78 is 13.4. The van der Waals surface area contributed by atoms with Gasteiger partial charge in [0.25, 0.3) is 11.8 Å². The topological polar surface area (TPSA) is 58.2 Å². The minimum absolute atomic E-state index is 0.150. The molecule has 0 radical (unpaired) electrons. The maximum Gasteiger partial charge on any atom is 0.261 e. The summed E-state index contributed by atoms with van der Waals surface area (Å²) in [6.07, 6.45) is 0. The van der Waals surface area contributed by atoms with Crippen LogP contribution in [0.3, 0.4) is 0 Å². The van der Waals surface area contributed by atoms with Crippen molar-refractivity contribution in [3.05, 3.63) is 57.0 Å². The predicted molar refractivity (Wildman–Crippen MR) is 84.9 cm³/mol. The van der Waals surface area contributed by atoms with Crippen LogP contribution in [0.2, 0.25) is 0 Å². The molecule has 22 heavy (non-hydrogen) atoms. The Morgan fingerprint density at radius 2 is 1.73 bits per heavy atom. The highest BCUT2D eigenvalue weighted by Crippen LogP contribution is 2.14. The zero-order chi connectivity index (χ0) is 16.1. The first-order valence-electron chi connectivity index (χ1n) is 6.85. The van der Waals surface area contributed by atoms with Gasteiger partial charge in [-0.05, 0) is 48.6 Å². The molecule has 0 fully saturated rings. The minimum atomic E-state index is -0.408. The fourth-order valence-electron chi connectivity index (χ4n) is 1.87. The molecule has 1 aromatic carbocycles. The fourth-order valence-corrected chi connectivity index (χ4v) is 2.72. The molecule has 1 heterocycles. The number of thiophene rings is 1. The van der Waals surface area contributed by atoms with E-state index in [-0.39, 0.29) is 23.9 Å². The van der Waals surface area contributed by atoms with Gasteiger partial charge in [0.15, 0.2) is 0 Å². The molecule has 2 N–H and O–H groups in total. The molecule has 0 aliphatic carbocycles. The van der Waals surface area contributed by atoms with E-state index in [1.807, 2.05) is 18.4 Å². The van der Waals surface area contributed by atoms with Crippen molar-refractivity contribution in [3.8, 4) is 0 Å². The van der Waals surface area contributed by atoms with Crippen molar-refractivity contribution < 1.29 is 14.0 Å². The summed E-state index contributed by atoms with van der Waals surface area (Å²) in [5.74, 6) is -0.919. The number of nitrogens with one attached hydrogen (secondary N) is 2. The van der Waals surface area contributed by atoms with Gasteiger partial charge in [0.05, 0.1) is 4.88 Å². The lowest BCUT2D eigenvalue weighted by Gasteiger charge is -2.07. The fraction of sp³-hybridized carbons (Fsp3) is 0.250. The van der Waals surface area contributed by atoms with Crippen LogP contribution < -0.4 is 10.6 Å². The smallest absolute Gasteiger partial charge is 0.261 e. The molecule has 0 atom stereocenters. The van der Waals surface area contributed by atoms with Crippen LogP contribution in [-0.4, -0.2) is 24.9 Å². The van der Waals surface area contributed by atoms with Gasteiger partial charge in [-0.3, -0.25) is 9.59 Å². The summed E-state index contributed by atoms with van der Waals surface area (Å²) in [4.78, 5) is 24.4. The van der Waals surface area contributed by atoms with Crippen LogP contribution in [0.25, 0.3) is 0 Å². The first kappa shape index (κ1) is 16.2. The van der Waals surface area contributed by atoms with Crippen molar-refractivity contribution in [3.63, 3.8) is 0 Å². The lowest BCUT2D eigenvalue weighted by atomic mass is 10.1. The van der Waals surface area contributed by atoms with Gasteiger partial charge in [0, 0.05) is 18.7 Å². The minimum Gasteiger partial charge on any atom is -0.350 e. The molecule has 2 amide bonds. The molecule has 0 spiro atoms. The molecule has 1 aromatic heterocycles. The Morgan fingerprint density at radius 3 is 2.32 bits per heavy atom. The van der Waals surface area contributed by atoms with Crippen molar-refractivity contribution in [1.29, 1.82) is 0 Å². The van der Waals surface area contributed by atoms with E-state index in [1.165, 1.54) is 17.4 Å². The molecule has 0 unspecified atom stereocenters. The predicted octanol–water partition coefficient (Wildman–Crippen LogP) is 2.66. The normalized spacial score (nSPS) is 10.3. The summed E-state index contributed by atoms with van der Waals surface area (Å²) in [6, 6.07) is 6.22. The summed E-state index contributed by atoms with van der Waals surface area (Å²) in [5, 5.41) is 7.24. The molecule has 2 aromatic rings. The van der Waals surface area contributed by atoms with Crippen LogP contribution in [0.15, 0.2) is 29.6 Å². The van der Waals surface area contributed by atoms with Gasteiger partial charge >= 0.3 is 0 Å². The molecular weight excluding hydrogens is 303 g/mol. The number of hydrogen-bond donors (Lipinski definition) is 2. The Hall–Kier alpha value is -2.21. The van der Waals surface area contributed by atoms with E-state index in [4.69, 9.17) is 0 Å². The maximum absolute atomic E-state index is 13.4. The van der Waals surface area contributed by atoms with Crippen LogP contribution in [0, 0.1) is 19.7 Å². The van der Waals surface area contributed by atoms with Crippen molar-refractivity contribution in [2.75, 3.05) is 13.1 Å². The standard InChI is InChI=1S/C16H17FN2O2S/c1-10-3-4-12(9-13(10)17)15(20)18-6-7-19-16(21)14-11(2)5-8-22-14/h3-5,8-9H,6-7H2,1-2H3,(H,18,20)(H,19,21). The molecule has 0 aliphatic rings. The number of halogens is 1. The lowest BCUT2D eigenvalue weighted by Crippen LogP contribution is -2.34. The van der Waals surface area contributed by atoms with Crippen molar-refractivity contribution >= 4 is 23.2 Å². The van der Waals surface area contributed by atoms with Crippen LogP contribution in [-0.2, 0) is 0 Å². The number of aryl methyl sites for hydroxylation is 2. The number of hydrogen-bond acceptors (Lipinski definition) is 3. The van der Waals surface area contributed by atoms with Crippen LogP contribution >= 0.6 is 11.3 Å². The van der Waals surface area contributed by atoms with E-state index in [0.717, 1.165) is 5.56 Å². The van der Waals surface area contributed by atoms with Gasteiger partial charge < -0.3 is 10.6 Å². The summed E-state index contributed by atoms with van der Waals surface area (Å²) in [5.41, 5.74) is 1.69. The SMILES string of the molecule is Cc1ccc(C(=O)NCCNC(=O)c2sccc2C)cc1F. The van der Waals surface area contributed by atoms with Gasteiger partial charge in [-0.1, -0.05) is 6.07 Å². The molecule has 116 valence electrons. The number of carbonyl (C=O) groups is 2. The average molecular weight is 320 g/mol. The zero-order valence-corrected chi connectivity index (χ0v) is 13.2. The zero-order valence-electron chi connectivity index (χ0n) is 12.4. The van der Waals surface area contributed by atoms with E-state index in [1.54, 1.807) is 19.1 Å².